The smallest absolute Gasteiger partial charge is 0.326 e. The molecule has 2 heterocycles. The van der Waals surface area contributed by atoms with Gasteiger partial charge < -0.3 is 24.3 Å². The molecule has 0 spiro atoms. The largest absolute Gasteiger partial charge is 0.480 e. The van der Waals surface area contributed by atoms with Crippen molar-refractivity contribution in [1.29, 1.82) is 0 Å². The summed E-state index contributed by atoms with van der Waals surface area (Å²) in [4.78, 5) is 40.1. The summed E-state index contributed by atoms with van der Waals surface area (Å²) in [6.07, 6.45) is 1.88. The van der Waals surface area contributed by atoms with Crippen LogP contribution in [0.4, 0.5) is 0 Å². The average molecular weight is 615 g/mol. The number of aliphatic carboxylic acids is 1. The van der Waals surface area contributed by atoms with Crippen molar-refractivity contribution in [2.45, 2.75) is 31.2 Å². The summed E-state index contributed by atoms with van der Waals surface area (Å²) in [6.45, 7) is 0.593. The van der Waals surface area contributed by atoms with Crippen LogP contribution < -0.4 is 5.32 Å². The number of carboxylic acid groups (broad SMARTS) is 1. The van der Waals surface area contributed by atoms with Crippen LogP contribution in [0.1, 0.15) is 43.0 Å². The monoisotopic (exact) mass is 614 g/mol. The van der Waals surface area contributed by atoms with E-state index in [1.165, 1.54) is 0 Å². The van der Waals surface area contributed by atoms with Crippen LogP contribution in [0.25, 0.3) is 11.0 Å². The van der Waals surface area contributed by atoms with Gasteiger partial charge in [0.05, 0.1) is 27.6 Å². The second kappa shape index (κ2) is 12.0. The van der Waals surface area contributed by atoms with Gasteiger partial charge in [0.1, 0.15) is 11.6 Å². The Morgan fingerprint density at radius 2 is 1.85 bits per heavy atom. The Kier molecular flexibility index (Phi) is 8.46. The minimum absolute atomic E-state index is 0.0362. The number of halogens is 2. The zero-order valence-corrected chi connectivity index (χ0v) is 23.8. The number of nitrogens with zero attached hydrogens (tertiary/aromatic N) is 1. The number of carbonyl (C=O) groups is 3. The molecule has 3 N–H and O–H groups in total. The number of benzene rings is 3. The van der Waals surface area contributed by atoms with Gasteiger partial charge in [-0.2, -0.15) is 0 Å². The quantitative estimate of drug-likeness (QED) is 0.235. The molecule has 0 fully saturated rings. The Balaban J connectivity index is 1.33. The summed E-state index contributed by atoms with van der Waals surface area (Å²) in [7, 11) is 0. The van der Waals surface area contributed by atoms with E-state index in [1.54, 1.807) is 53.6 Å². The maximum Gasteiger partial charge on any atom is 0.326 e. The summed E-state index contributed by atoms with van der Waals surface area (Å²) in [6, 6.07) is 14.0. The number of amides is 2. The number of hydrogen-bond acceptors (Lipinski definition) is 5. The molecule has 2 amide bonds. The number of fused-ring (bicyclic) bond motifs is 2. The van der Waals surface area contributed by atoms with Gasteiger partial charge in [0.2, 0.25) is 0 Å². The highest BCUT2D eigenvalue weighted by Gasteiger charge is 2.30. The lowest BCUT2D eigenvalue weighted by molar-refractivity contribution is -0.139. The van der Waals surface area contributed by atoms with Gasteiger partial charge in [-0.3, -0.25) is 9.59 Å². The Morgan fingerprint density at radius 3 is 2.61 bits per heavy atom. The first-order valence-electron chi connectivity index (χ1n) is 12.6. The molecular formula is C29H24Cl2N2O7S. The topological polar surface area (TPSA) is 137 Å². The molecule has 1 aliphatic heterocycles. The lowest BCUT2D eigenvalue weighted by Crippen LogP contribution is -2.42. The lowest BCUT2D eigenvalue weighted by Gasteiger charge is -2.30. The van der Waals surface area contributed by atoms with Crippen LogP contribution in [0.5, 0.6) is 0 Å². The van der Waals surface area contributed by atoms with Gasteiger partial charge in [-0.05, 0) is 52.9 Å². The molecule has 0 radical (unpaired) electrons. The fourth-order valence-electron chi connectivity index (χ4n) is 4.96. The summed E-state index contributed by atoms with van der Waals surface area (Å²) in [5.74, 6) is -2.28. The first-order valence-corrected chi connectivity index (χ1v) is 14.6. The molecule has 0 saturated heterocycles. The van der Waals surface area contributed by atoms with Crippen LogP contribution in [-0.4, -0.2) is 49.1 Å². The van der Waals surface area contributed by atoms with Crippen molar-refractivity contribution in [3.05, 3.63) is 104 Å². The van der Waals surface area contributed by atoms with E-state index in [0.29, 0.717) is 46.4 Å². The first-order chi connectivity index (χ1) is 19.6. The second-order valence-corrected chi connectivity index (χ2v) is 11.4. The number of carbonyl (C=O) groups excluding carboxylic acids is 2. The Morgan fingerprint density at radius 1 is 1.07 bits per heavy atom. The predicted molar refractivity (Wildman–Crippen MR) is 155 cm³/mol. The molecule has 1 aliphatic rings. The van der Waals surface area contributed by atoms with Gasteiger partial charge in [0.15, 0.2) is 11.1 Å². The summed E-state index contributed by atoms with van der Waals surface area (Å²) in [5.41, 5.74) is 3.56. The van der Waals surface area contributed by atoms with Gasteiger partial charge in [-0.15, -0.1) is 0 Å². The SMILES string of the molecule is O=C(N[C@@H](Cc1cccc(CS(=O)O)c1)C(=O)O)c1c(Cl)cc2c(c1Cl)CCN(C(=O)c1ccc3ccoc3c1)C2. The molecule has 0 bridgehead atoms. The summed E-state index contributed by atoms with van der Waals surface area (Å²) < 4.78 is 25.7. The molecule has 3 aromatic carbocycles. The van der Waals surface area contributed by atoms with E-state index in [-0.39, 0.29) is 40.2 Å². The van der Waals surface area contributed by atoms with E-state index in [4.69, 9.17) is 32.2 Å². The molecule has 1 aromatic heterocycles. The van der Waals surface area contributed by atoms with Crippen LogP contribution in [0.15, 0.2) is 65.3 Å². The highest BCUT2D eigenvalue weighted by molar-refractivity contribution is 7.78. The Labute approximate surface area is 247 Å². The highest BCUT2D eigenvalue weighted by Crippen LogP contribution is 2.35. The summed E-state index contributed by atoms with van der Waals surface area (Å²) in [5, 5.41) is 13.3. The Hall–Kier alpha value is -3.70. The molecular weight excluding hydrogens is 591 g/mol. The maximum atomic E-state index is 13.2. The van der Waals surface area contributed by atoms with Gasteiger partial charge in [0.25, 0.3) is 11.8 Å². The van der Waals surface area contributed by atoms with E-state index >= 15 is 0 Å². The van der Waals surface area contributed by atoms with Crippen LogP contribution in [0.2, 0.25) is 10.0 Å². The number of furan rings is 1. The number of rotatable bonds is 8. The molecule has 212 valence electrons. The fourth-order valence-corrected chi connectivity index (χ4v) is 6.19. The molecule has 1 unspecified atom stereocenters. The summed E-state index contributed by atoms with van der Waals surface area (Å²) >= 11 is 11.1. The molecule has 0 aliphatic carbocycles. The zero-order valence-electron chi connectivity index (χ0n) is 21.4. The van der Waals surface area contributed by atoms with E-state index < -0.39 is 29.0 Å². The average Bonchev–Trinajstić information content (AvgIpc) is 3.40. The number of hydrogen-bond donors (Lipinski definition) is 3. The third-order valence-corrected chi connectivity index (χ3v) is 8.24. The standard InChI is InChI=1S/C29H24Cl2N2O7S/c30-22-12-20-14-33(28(35)19-5-4-18-7-9-40-24(18)13-19)8-6-21(20)26(31)25(22)27(34)32-23(29(36)37)11-16-2-1-3-17(10-16)15-41(38)39/h1-5,7,9-10,12-13,23H,6,8,11,14-15H2,(H,32,34)(H,36,37)(H,38,39)/t23-/m0/s1. The zero-order chi connectivity index (χ0) is 29.3. The van der Waals surface area contributed by atoms with Crippen molar-refractivity contribution < 1.29 is 32.7 Å². The van der Waals surface area contributed by atoms with Crippen LogP contribution in [-0.2, 0) is 41.0 Å². The second-order valence-electron chi connectivity index (χ2n) is 9.69. The van der Waals surface area contributed by atoms with E-state index in [1.807, 2.05) is 12.1 Å². The van der Waals surface area contributed by atoms with Crippen molar-refractivity contribution in [2.75, 3.05) is 6.54 Å². The lowest BCUT2D eigenvalue weighted by atomic mass is 9.95. The number of nitrogens with one attached hydrogen (secondary N) is 1. The molecule has 2 atom stereocenters. The predicted octanol–water partition coefficient (Wildman–Crippen LogP) is 5.09. The minimum Gasteiger partial charge on any atom is -0.480 e. The van der Waals surface area contributed by atoms with Gasteiger partial charge in [-0.1, -0.05) is 53.5 Å². The van der Waals surface area contributed by atoms with Gasteiger partial charge in [-0.25, -0.2) is 9.00 Å². The van der Waals surface area contributed by atoms with Crippen molar-refractivity contribution in [3.63, 3.8) is 0 Å². The van der Waals surface area contributed by atoms with E-state index in [9.17, 15) is 23.7 Å². The number of carboxylic acids is 1. The van der Waals surface area contributed by atoms with Gasteiger partial charge in [0, 0.05) is 30.5 Å². The third kappa shape index (κ3) is 6.31. The molecule has 5 rings (SSSR count). The van der Waals surface area contributed by atoms with Crippen molar-refractivity contribution in [2.24, 2.45) is 0 Å². The molecule has 4 aromatic rings. The Bertz CT molecular complexity index is 1700. The fraction of sp³-hybridized carbons (Fsp3) is 0.207. The van der Waals surface area contributed by atoms with Crippen molar-refractivity contribution in [1.82, 2.24) is 10.2 Å². The highest BCUT2D eigenvalue weighted by atomic mass is 35.5. The molecule has 9 nitrogen and oxygen atoms in total. The first kappa shape index (κ1) is 28.8. The van der Waals surface area contributed by atoms with E-state index in [2.05, 4.69) is 5.32 Å². The van der Waals surface area contributed by atoms with Crippen LogP contribution >= 0.6 is 23.2 Å². The maximum absolute atomic E-state index is 13.2. The van der Waals surface area contributed by atoms with Crippen molar-refractivity contribution >= 4 is 63.0 Å². The van der Waals surface area contributed by atoms with Crippen LogP contribution in [0, 0.1) is 0 Å². The minimum atomic E-state index is -2.05. The molecule has 41 heavy (non-hydrogen) atoms. The van der Waals surface area contributed by atoms with Gasteiger partial charge >= 0.3 is 5.97 Å². The van der Waals surface area contributed by atoms with E-state index in [0.717, 1.165) is 5.39 Å². The third-order valence-electron chi connectivity index (χ3n) is 6.95. The van der Waals surface area contributed by atoms with Crippen LogP contribution in [0.3, 0.4) is 0 Å². The molecule has 12 heteroatoms. The normalized spacial score (nSPS) is 14.4. The molecule has 0 saturated carbocycles. The van der Waals surface area contributed by atoms with Crippen molar-refractivity contribution in [3.8, 4) is 0 Å².